The zero-order valence-electron chi connectivity index (χ0n) is 11.8. The number of nitriles is 1. The van der Waals surface area contributed by atoms with E-state index in [0.717, 1.165) is 0 Å². The molecule has 1 aromatic carbocycles. The van der Waals surface area contributed by atoms with E-state index in [0.29, 0.717) is 30.8 Å². The number of nitrogens with one attached hydrogen (secondary N) is 1. The van der Waals surface area contributed by atoms with Crippen molar-refractivity contribution in [3.8, 4) is 6.07 Å². The van der Waals surface area contributed by atoms with Crippen LogP contribution in [0.3, 0.4) is 0 Å². The van der Waals surface area contributed by atoms with Crippen LogP contribution >= 0.6 is 0 Å². The van der Waals surface area contributed by atoms with Crippen LogP contribution in [0.15, 0.2) is 24.3 Å². The van der Waals surface area contributed by atoms with Gasteiger partial charge in [0.05, 0.1) is 31.2 Å². The summed E-state index contributed by atoms with van der Waals surface area (Å²) in [6, 6.07) is 8.78. The Morgan fingerprint density at radius 2 is 2.33 bits per heavy atom. The molecule has 1 aliphatic heterocycles. The Morgan fingerprint density at radius 1 is 1.52 bits per heavy atom. The largest absolute Gasteiger partial charge is 0.469 e. The second-order valence-corrected chi connectivity index (χ2v) is 4.98. The van der Waals surface area contributed by atoms with Crippen LogP contribution in [0.4, 0.5) is 5.69 Å². The van der Waals surface area contributed by atoms with Crippen LogP contribution in [0.1, 0.15) is 12.0 Å². The molecule has 0 bridgehead atoms. The number of hydrogen-bond donors (Lipinski definition) is 1. The Kier molecular flexibility index (Phi) is 4.90. The SMILES string of the molecule is COC(=O)C1CCN(CC(=O)Nc2cccc(C#N)c2)C1. The number of esters is 1. The van der Waals surface area contributed by atoms with Crippen LogP contribution in [-0.4, -0.2) is 43.5 Å². The Hall–Kier alpha value is -2.39. The van der Waals surface area contributed by atoms with E-state index in [9.17, 15) is 9.59 Å². The minimum absolute atomic E-state index is 0.148. The molecule has 6 nitrogen and oxygen atoms in total. The van der Waals surface area contributed by atoms with Gasteiger partial charge in [-0.1, -0.05) is 6.07 Å². The Morgan fingerprint density at radius 3 is 3.05 bits per heavy atom. The molecule has 21 heavy (non-hydrogen) atoms. The fourth-order valence-corrected chi connectivity index (χ4v) is 2.41. The van der Waals surface area contributed by atoms with Crippen molar-refractivity contribution >= 4 is 17.6 Å². The summed E-state index contributed by atoms with van der Waals surface area (Å²) >= 11 is 0. The van der Waals surface area contributed by atoms with Gasteiger partial charge in [0.1, 0.15) is 0 Å². The Labute approximate surface area is 123 Å². The second kappa shape index (κ2) is 6.86. The van der Waals surface area contributed by atoms with E-state index in [-0.39, 0.29) is 24.3 Å². The fourth-order valence-electron chi connectivity index (χ4n) is 2.41. The van der Waals surface area contributed by atoms with Gasteiger partial charge >= 0.3 is 5.97 Å². The number of ether oxygens (including phenoxy) is 1. The molecule has 2 rings (SSSR count). The molecule has 1 aliphatic rings. The molecule has 6 heteroatoms. The summed E-state index contributed by atoms with van der Waals surface area (Å²) < 4.78 is 4.71. The molecule has 110 valence electrons. The maximum atomic E-state index is 12.0. The summed E-state index contributed by atoms with van der Waals surface area (Å²) in [4.78, 5) is 25.3. The summed E-state index contributed by atoms with van der Waals surface area (Å²) in [7, 11) is 1.37. The second-order valence-electron chi connectivity index (χ2n) is 4.98. The molecule has 0 spiro atoms. The molecule has 1 N–H and O–H groups in total. The standard InChI is InChI=1S/C15H17N3O3/c1-21-15(20)12-5-6-18(9-12)10-14(19)17-13-4-2-3-11(7-13)8-16/h2-4,7,12H,5-6,9-10H2,1H3,(H,17,19). The lowest BCUT2D eigenvalue weighted by Crippen LogP contribution is -2.32. The zero-order chi connectivity index (χ0) is 15.2. The number of amides is 1. The first-order valence-corrected chi connectivity index (χ1v) is 6.72. The highest BCUT2D eigenvalue weighted by Gasteiger charge is 2.29. The monoisotopic (exact) mass is 287 g/mol. The third-order valence-electron chi connectivity index (χ3n) is 3.45. The molecular weight excluding hydrogens is 270 g/mol. The molecule has 1 aromatic rings. The van der Waals surface area contributed by atoms with Crippen molar-refractivity contribution in [2.45, 2.75) is 6.42 Å². The van der Waals surface area contributed by atoms with Gasteiger partial charge in [-0.15, -0.1) is 0 Å². The quantitative estimate of drug-likeness (QED) is 0.835. The highest BCUT2D eigenvalue weighted by molar-refractivity contribution is 5.92. The Balaban J connectivity index is 1.85. The number of benzene rings is 1. The van der Waals surface area contributed by atoms with Crippen LogP contribution in [-0.2, 0) is 14.3 Å². The van der Waals surface area contributed by atoms with Crippen LogP contribution < -0.4 is 5.32 Å². The van der Waals surface area contributed by atoms with Gasteiger partial charge in [-0.3, -0.25) is 14.5 Å². The first-order valence-electron chi connectivity index (χ1n) is 6.72. The molecule has 1 amide bonds. The Bertz CT molecular complexity index is 580. The lowest BCUT2D eigenvalue weighted by molar-refractivity contribution is -0.145. The minimum atomic E-state index is -0.223. The van der Waals surface area contributed by atoms with Crippen LogP contribution in [0.5, 0.6) is 0 Å². The number of likely N-dealkylation sites (tertiary alicyclic amines) is 1. The molecule has 0 aromatic heterocycles. The normalized spacial score (nSPS) is 18.0. The topological polar surface area (TPSA) is 82.4 Å². The highest BCUT2D eigenvalue weighted by atomic mass is 16.5. The summed E-state index contributed by atoms with van der Waals surface area (Å²) in [5.41, 5.74) is 1.10. The van der Waals surface area contributed by atoms with E-state index < -0.39 is 0 Å². The van der Waals surface area contributed by atoms with Gasteiger partial charge in [0.15, 0.2) is 0 Å². The molecule has 0 radical (unpaired) electrons. The third-order valence-corrected chi connectivity index (χ3v) is 3.45. The molecule has 1 heterocycles. The summed E-state index contributed by atoms with van der Waals surface area (Å²) in [6.45, 7) is 1.47. The molecule has 1 fully saturated rings. The van der Waals surface area contributed by atoms with E-state index in [4.69, 9.17) is 10.00 Å². The predicted molar refractivity (Wildman–Crippen MR) is 76.3 cm³/mol. The van der Waals surface area contributed by atoms with Crippen molar-refractivity contribution < 1.29 is 14.3 Å². The highest BCUT2D eigenvalue weighted by Crippen LogP contribution is 2.17. The molecule has 1 unspecified atom stereocenters. The van der Waals surface area contributed by atoms with E-state index in [1.54, 1.807) is 24.3 Å². The lowest BCUT2D eigenvalue weighted by Gasteiger charge is -2.15. The van der Waals surface area contributed by atoms with Crippen molar-refractivity contribution in [1.29, 1.82) is 5.26 Å². The van der Waals surface area contributed by atoms with Crippen molar-refractivity contribution in [2.75, 3.05) is 32.1 Å². The van der Waals surface area contributed by atoms with Crippen LogP contribution in [0.2, 0.25) is 0 Å². The maximum absolute atomic E-state index is 12.0. The number of carbonyl (C=O) groups is 2. The minimum Gasteiger partial charge on any atom is -0.469 e. The van der Waals surface area contributed by atoms with Crippen molar-refractivity contribution in [3.05, 3.63) is 29.8 Å². The smallest absolute Gasteiger partial charge is 0.310 e. The fraction of sp³-hybridized carbons (Fsp3) is 0.400. The molecular formula is C15H17N3O3. The number of nitrogens with zero attached hydrogens (tertiary/aromatic N) is 2. The number of rotatable bonds is 4. The van der Waals surface area contributed by atoms with Gasteiger partial charge in [-0.25, -0.2) is 0 Å². The summed E-state index contributed by atoms with van der Waals surface area (Å²) in [5, 5.41) is 11.6. The first-order chi connectivity index (χ1) is 10.1. The van der Waals surface area contributed by atoms with Crippen molar-refractivity contribution in [1.82, 2.24) is 4.90 Å². The van der Waals surface area contributed by atoms with Crippen LogP contribution in [0.25, 0.3) is 0 Å². The molecule has 1 atom stereocenters. The van der Waals surface area contributed by atoms with Crippen molar-refractivity contribution in [2.24, 2.45) is 5.92 Å². The zero-order valence-corrected chi connectivity index (χ0v) is 11.8. The van der Waals surface area contributed by atoms with Gasteiger partial charge in [-0.2, -0.15) is 5.26 Å². The van der Waals surface area contributed by atoms with E-state index in [1.165, 1.54) is 7.11 Å². The van der Waals surface area contributed by atoms with Crippen LogP contribution in [0, 0.1) is 17.2 Å². The van der Waals surface area contributed by atoms with Gasteiger partial charge in [0.2, 0.25) is 5.91 Å². The maximum Gasteiger partial charge on any atom is 0.310 e. The van der Waals surface area contributed by atoms with E-state index in [2.05, 4.69) is 5.32 Å². The van der Waals surface area contributed by atoms with Gasteiger partial charge in [0.25, 0.3) is 0 Å². The molecule has 0 aliphatic carbocycles. The molecule has 1 saturated heterocycles. The average molecular weight is 287 g/mol. The van der Waals surface area contributed by atoms with Crippen molar-refractivity contribution in [3.63, 3.8) is 0 Å². The summed E-state index contributed by atoms with van der Waals surface area (Å²) in [5.74, 6) is -0.528. The average Bonchev–Trinajstić information content (AvgIpc) is 2.94. The summed E-state index contributed by atoms with van der Waals surface area (Å²) in [6.07, 6.45) is 0.712. The number of carbonyl (C=O) groups excluding carboxylic acids is 2. The number of methoxy groups -OCH3 is 1. The van der Waals surface area contributed by atoms with Gasteiger partial charge in [0, 0.05) is 12.2 Å². The van der Waals surface area contributed by atoms with E-state index >= 15 is 0 Å². The van der Waals surface area contributed by atoms with E-state index in [1.807, 2.05) is 11.0 Å². The van der Waals surface area contributed by atoms with Gasteiger partial charge in [-0.05, 0) is 31.2 Å². The predicted octanol–water partition coefficient (Wildman–Crippen LogP) is 0.992. The number of hydrogen-bond acceptors (Lipinski definition) is 5. The third kappa shape index (κ3) is 4.04. The first kappa shape index (κ1) is 15.0. The number of anilines is 1. The molecule has 0 saturated carbocycles. The van der Waals surface area contributed by atoms with Gasteiger partial charge < -0.3 is 10.1 Å². The lowest BCUT2D eigenvalue weighted by atomic mass is 10.1.